The molecule has 3 aromatic rings. The van der Waals surface area contributed by atoms with Gasteiger partial charge < -0.3 is 19.8 Å². The van der Waals surface area contributed by atoms with E-state index in [1.807, 2.05) is 54.6 Å². The maximum absolute atomic E-state index is 13.2. The van der Waals surface area contributed by atoms with Crippen molar-refractivity contribution in [2.24, 2.45) is 0 Å². The van der Waals surface area contributed by atoms with Crippen LogP contribution in [0.4, 0.5) is 0 Å². The van der Waals surface area contributed by atoms with Gasteiger partial charge in [0.05, 0.1) is 19.7 Å². The summed E-state index contributed by atoms with van der Waals surface area (Å²) in [6.07, 6.45) is -1.72. The van der Waals surface area contributed by atoms with Crippen LogP contribution in [0.3, 0.4) is 0 Å². The van der Waals surface area contributed by atoms with Crippen molar-refractivity contribution in [1.29, 1.82) is 0 Å². The van der Waals surface area contributed by atoms with Crippen LogP contribution in [0.1, 0.15) is 26.5 Å². The van der Waals surface area contributed by atoms with Crippen LogP contribution >= 0.6 is 0 Å². The van der Waals surface area contributed by atoms with E-state index in [0.29, 0.717) is 13.2 Å². The Morgan fingerprint density at radius 3 is 2.36 bits per heavy atom. The number of H-pyrrole nitrogens is 1. The number of benzene rings is 2. The van der Waals surface area contributed by atoms with Gasteiger partial charge in [-0.3, -0.25) is 19.7 Å². The van der Waals surface area contributed by atoms with Crippen molar-refractivity contribution in [2.45, 2.75) is 12.6 Å². The second-order valence-corrected chi connectivity index (χ2v) is 8.06. The summed E-state index contributed by atoms with van der Waals surface area (Å²) in [4.78, 5) is 38.2. The summed E-state index contributed by atoms with van der Waals surface area (Å²) >= 11 is 0. The maximum Gasteiger partial charge on any atom is 0.333 e. The van der Waals surface area contributed by atoms with Gasteiger partial charge in [-0.05, 0) is 16.7 Å². The zero-order chi connectivity index (χ0) is 26.1. The third-order valence-electron chi connectivity index (χ3n) is 5.41. The molecule has 11 nitrogen and oxygen atoms in total. The number of ether oxygens (including phenoxy) is 1. The molecule has 0 aliphatic heterocycles. The molecule has 1 atom stereocenters. The lowest BCUT2D eigenvalue weighted by atomic mass is 10.0. The number of aromatic amines is 1. The van der Waals surface area contributed by atoms with E-state index in [-0.39, 0.29) is 23.8 Å². The van der Waals surface area contributed by atoms with Gasteiger partial charge >= 0.3 is 5.97 Å². The quantitative estimate of drug-likeness (QED) is 0.276. The van der Waals surface area contributed by atoms with Crippen LogP contribution in [-0.4, -0.2) is 88.1 Å². The molecule has 36 heavy (non-hydrogen) atoms. The van der Waals surface area contributed by atoms with Crippen LogP contribution < -0.4 is 5.43 Å². The molecular formula is C25H29N5O6. The molecule has 0 aliphatic carbocycles. The number of rotatable bonds is 12. The van der Waals surface area contributed by atoms with Gasteiger partial charge in [0.25, 0.3) is 11.8 Å². The summed E-state index contributed by atoms with van der Waals surface area (Å²) < 4.78 is 4.97. The number of carboxylic acids is 1. The van der Waals surface area contributed by atoms with Crippen LogP contribution in [0.15, 0.2) is 60.7 Å². The van der Waals surface area contributed by atoms with Gasteiger partial charge in [-0.15, -0.1) is 0 Å². The molecule has 11 heteroatoms. The number of methoxy groups -OCH3 is 1. The molecule has 4 N–H and O–H groups in total. The fraction of sp³-hybridized carbons (Fsp3) is 0.280. The highest BCUT2D eigenvalue weighted by atomic mass is 16.5. The minimum absolute atomic E-state index is 0.0447. The first kappa shape index (κ1) is 26.5. The third-order valence-corrected chi connectivity index (χ3v) is 5.41. The maximum atomic E-state index is 13.2. The largest absolute Gasteiger partial charge is 0.479 e. The highest BCUT2D eigenvalue weighted by Crippen LogP contribution is 2.20. The summed E-state index contributed by atoms with van der Waals surface area (Å²) in [5.74, 6) is -2.39. The number of carbonyl (C=O) groups is 3. The van der Waals surface area contributed by atoms with Crippen molar-refractivity contribution < 1.29 is 29.3 Å². The molecule has 0 bridgehead atoms. The first-order valence-electron chi connectivity index (χ1n) is 11.2. The van der Waals surface area contributed by atoms with Gasteiger partial charge in [0, 0.05) is 26.8 Å². The molecule has 0 fully saturated rings. The molecular weight excluding hydrogens is 466 g/mol. The minimum atomic E-state index is -1.72. The molecule has 2 amide bonds. The molecule has 0 spiro atoms. The Bertz CT molecular complexity index is 1170. The van der Waals surface area contributed by atoms with Crippen LogP contribution in [0, 0.1) is 0 Å². The van der Waals surface area contributed by atoms with E-state index in [2.05, 4.69) is 15.6 Å². The Kier molecular flexibility index (Phi) is 9.28. The summed E-state index contributed by atoms with van der Waals surface area (Å²) in [6, 6.07) is 18.7. The Morgan fingerprint density at radius 2 is 1.72 bits per heavy atom. The van der Waals surface area contributed by atoms with Crippen LogP contribution in [0.2, 0.25) is 0 Å². The van der Waals surface area contributed by atoms with Gasteiger partial charge in [-0.2, -0.15) is 5.10 Å². The number of aliphatic hydroxyl groups is 1. The van der Waals surface area contributed by atoms with Gasteiger partial charge in [0.1, 0.15) is 5.69 Å². The van der Waals surface area contributed by atoms with Gasteiger partial charge in [0.2, 0.25) is 0 Å². The fourth-order valence-corrected chi connectivity index (χ4v) is 3.31. The van der Waals surface area contributed by atoms with E-state index in [1.54, 1.807) is 7.05 Å². The molecule has 2 aromatic carbocycles. The van der Waals surface area contributed by atoms with E-state index >= 15 is 0 Å². The van der Waals surface area contributed by atoms with E-state index in [0.717, 1.165) is 21.7 Å². The molecule has 1 aromatic heterocycles. The summed E-state index contributed by atoms with van der Waals surface area (Å²) in [7, 11) is 3.13. The molecule has 0 radical (unpaired) electrons. The number of carbonyl (C=O) groups excluding carboxylic acids is 2. The fourth-order valence-electron chi connectivity index (χ4n) is 3.31. The number of hydrogen-bond acceptors (Lipinski definition) is 7. The van der Waals surface area contributed by atoms with E-state index in [4.69, 9.17) is 9.84 Å². The average molecular weight is 496 g/mol. The monoisotopic (exact) mass is 495 g/mol. The van der Waals surface area contributed by atoms with Crippen molar-refractivity contribution in [3.8, 4) is 11.1 Å². The van der Waals surface area contributed by atoms with Crippen LogP contribution in [0.5, 0.6) is 0 Å². The third kappa shape index (κ3) is 6.98. The molecule has 0 saturated carbocycles. The summed E-state index contributed by atoms with van der Waals surface area (Å²) in [5.41, 5.74) is 5.55. The Morgan fingerprint density at radius 1 is 1.06 bits per heavy atom. The SMILES string of the molecule is COCCN(C)C(=O)c1cc(C(=O)N(Cc2ccc(-c3ccccc3)cc2)NCC(O)C(=O)O)n[nH]1. The molecule has 1 unspecified atom stereocenters. The zero-order valence-corrected chi connectivity index (χ0v) is 20.0. The van der Waals surface area contributed by atoms with Crippen molar-refractivity contribution in [1.82, 2.24) is 25.5 Å². The second kappa shape index (κ2) is 12.6. The standard InChI is InChI=1S/C25H29N5O6/c1-29(12-13-36-2)23(32)20-14-21(28-27-20)24(33)30(26-15-22(31)25(34)35)16-17-8-10-19(11-9-17)18-6-4-3-5-7-18/h3-11,14,22,26,31H,12-13,15-16H2,1-2H3,(H,27,28)(H,34,35). The highest BCUT2D eigenvalue weighted by Gasteiger charge is 2.24. The molecule has 0 aliphatic rings. The van der Waals surface area contributed by atoms with Gasteiger partial charge in [-0.1, -0.05) is 54.6 Å². The summed E-state index contributed by atoms with van der Waals surface area (Å²) in [5, 5.41) is 26.4. The van der Waals surface area contributed by atoms with Crippen molar-refractivity contribution >= 4 is 17.8 Å². The summed E-state index contributed by atoms with van der Waals surface area (Å²) in [6.45, 7) is 0.370. The van der Waals surface area contributed by atoms with Gasteiger partial charge in [0.15, 0.2) is 11.8 Å². The predicted octanol–water partition coefficient (Wildman–Crippen LogP) is 1.39. The highest BCUT2D eigenvalue weighted by molar-refractivity contribution is 5.97. The second-order valence-electron chi connectivity index (χ2n) is 8.06. The van der Waals surface area contributed by atoms with E-state index < -0.39 is 24.5 Å². The number of aliphatic carboxylic acids is 1. The van der Waals surface area contributed by atoms with Crippen LogP contribution in [-0.2, 0) is 16.1 Å². The normalized spacial score (nSPS) is 11.6. The van der Waals surface area contributed by atoms with Crippen molar-refractivity contribution in [3.05, 3.63) is 77.6 Å². The number of amides is 2. The van der Waals surface area contributed by atoms with Gasteiger partial charge in [-0.25, -0.2) is 10.2 Å². The first-order valence-corrected chi connectivity index (χ1v) is 11.2. The number of hydrogen-bond donors (Lipinski definition) is 4. The number of hydrazine groups is 1. The molecule has 0 saturated heterocycles. The smallest absolute Gasteiger partial charge is 0.333 e. The van der Waals surface area contributed by atoms with Crippen LogP contribution in [0.25, 0.3) is 11.1 Å². The Balaban J connectivity index is 1.77. The molecule has 1 heterocycles. The van der Waals surface area contributed by atoms with Crippen molar-refractivity contribution in [3.63, 3.8) is 0 Å². The number of carboxylic acid groups (broad SMARTS) is 1. The Hall–Kier alpha value is -4.06. The molecule has 190 valence electrons. The lowest BCUT2D eigenvalue weighted by Gasteiger charge is -2.23. The lowest BCUT2D eigenvalue weighted by molar-refractivity contribution is -0.146. The molecule has 3 rings (SSSR count). The number of aliphatic hydroxyl groups excluding tert-OH is 1. The van der Waals surface area contributed by atoms with E-state index in [9.17, 15) is 19.5 Å². The lowest BCUT2D eigenvalue weighted by Crippen LogP contribution is -2.47. The topological polar surface area (TPSA) is 148 Å². The average Bonchev–Trinajstić information content (AvgIpc) is 3.39. The number of likely N-dealkylation sites (N-methyl/N-ethyl adjacent to an activating group) is 1. The minimum Gasteiger partial charge on any atom is -0.479 e. The Labute approximate surface area is 208 Å². The number of nitrogens with one attached hydrogen (secondary N) is 2. The van der Waals surface area contributed by atoms with E-state index in [1.165, 1.54) is 18.1 Å². The van der Waals surface area contributed by atoms with Crippen molar-refractivity contribution in [2.75, 3.05) is 33.9 Å². The first-order chi connectivity index (χ1) is 17.3. The number of nitrogens with zero attached hydrogens (tertiary/aromatic N) is 3. The zero-order valence-electron chi connectivity index (χ0n) is 20.0. The predicted molar refractivity (Wildman–Crippen MR) is 131 cm³/mol. The number of aromatic nitrogens is 2.